The molecule has 27 heavy (non-hydrogen) atoms. The molecule has 0 saturated heterocycles. The van der Waals surface area contributed by atoms with Gasteiger partial charge in [0.1, 0.15) is 5.83 Å². The van der Waals surface area contributed by atoms with Crippen molar-refractivity contribution in [1.82, 2.24) is 4.98 Å². The average molecular weight is 367 g/mol. The van der Waals surface area contributed by atoms with Gasteiger partial charge in [-0.25, -0.2) is 4.39 Å². The molecule has 3 heteroatoms. The summed E-state index contributed by atoms with van der Waals surface area (Å²) >= 11 is 0. The molecule has 0 amide bonds. The Labute approximate surface area is 162 Å². The van der Waals surface area contributed by atoms with Gasteiger partial charge < -0.3 is 5.73 Å². The van der Waals surface area contributed by atoms with Crippen molar-refractivity contribution in [3.8, 4) is 0 Å². The molecule has 2 N–H and O–H groups in total. The van der Waals surface area contributed by atoms with Crippen molar-refractivity contribution >= 4 is 16.3 Å². The normalized spacial score (nSPS) is 17.3. The molecule has 1 aliphatic rings. The van der Waals surface area contributed by atoms with E-state index >= 15 is 0 Å². The van der Waals surface area contributed by atoms with Gasteiger partial charge in [0.15, 0.2) is 0 Å². The molecule has 0 saturated carbocycles. The van der Waals surface area contributed by atoms with E-state index in [1.54, 1.807) is 6.08 Å². The summed E-state index contributed by atoms with van der Waals surface area (Å²) < 4.78 is 14.0. The van der Waals surface area contributed by atoms with Crippen molar-refractivity contribution in [1.29, 1.82) is 0 Å². The van der Waals surface area contributed by atoms with Crippen LogP contribution in [0.25, 0.3) is 16.3 Å². The Morgan fingerprint density at radius 3 is 2.59 bits per heavy atom. The van der Waals surface area contributed by atoms with Crippen LogP contribution in [0.2, 0.25) is 0 Å². The summed E-state index contributed by atoms with van der Waals surface area (Å²) in [5.41, 5.74) is 8.02. The van der Waals surface area contributed by atoms with Gasteiger partial charge >= 0.3 is 0 Å². The molecule has 0 radical (unpaired) electrons. The van der Waals surface area contributed by atoms with Crippen molar-refractivity contribution in [2.24, 2.45) is 17.6 Å². The van der Waals surface area contributed by atoms with E-state index in [0.717, 1.165) is 40.8 Å². The summed E-state index contributed by atoms with van der Waals surface area (Å²) in [4.78, 5) is 4.58. The van der Waals surface area contributed by atoms with E-state index in [4.69, 9.17) is 5.73 Å². The number of nitrogens with zero attached hydrogens (tertiary/aromatic N) is 1. The number of pyridine rings is 1. The molecule has 1 atom stereocenters. The van der Waals surface area contributed by atoms with Crippen LogP contribution >= 0.6 is 0 Å². The number of nitrogens with two attached hydrogens (primary N) is 1. The zero-order valence-corrected chi connectivity index (χ0v) is 16.9. The summed E-state index contributed by atoms with van der Waals surface area (Å²) in [7, 11) is 0. The van der Waals surface area contributed by atoms with Gasteiger partial charge in [-0.2, -0.15) is 0 Å². The summed E-state index contributed by atoms with van der Waals surface area (Å²) in [6.07, 6.45) is 9.94. The molecule has 0 fully saturated rings. The van der Waals surface area contributed by atoms with Crippen molar-refractivity contribution in [2.45, 2.75) is 47.0 Å². The molecule has 0 aliphatic heterocycles. The van der Waals surface area contributed by atoms with E-state index in [0.29, 0.717) is 6.42 Å². The standard InChI is InChI=1S/C20H21FN2.C4H10/c1-2-3-4-8-15-12-18(21)19(22)13-17(15)20-16-9-6-5-7-14(16)10-11-23-20;1-4(2)3/h3-7,9-11,13,15H,2,8,12,22H2,1H3;4H,1-3H3. The topological polar surface area (TPSA) is 38.9 Å². The highest BCUT2D eigenvalue weighted by Crippen LogP contribution is 2.38. The van der Waals surface area contributed by atoms with Gasteiger partial charge in [-0.3, -0.25) is 4.98 Å². The van der Waals surface area contributed by atoms with Gasteiger partial charge in [0.05, 0.1) is 11.4 Å². The minimum absolute atomic E-state index is 0.0726. The fraction of sp³-hybridized carbons (Fsp3) is 0.375. The SMILES string of the molecule is CC(C)C.CCC=CCC1CC(F)=C(N)C=C1c1nccc2ccccc12. The van der Waals surface area contributed by atoms with Crippen molar-refractivity contribution in [2.75, 3.05) is 0 Å². The van der Waals surface area contributed by atoms with E-state index in [2.05, 4.69) is 57.0 Å². The van der Waals surface area contributed by atoms with Gasteiger partial charge in [-0.05, 0) is 47.8 Å². The van der Waals surface area contributed by atoms with Crippen molar-refractivity contribution in [3.63, 3.8) is 0 Å². The largest absolute Gasteiger partial charge is 0.397 e. The number of halogens is 1. The summed E-state index contributed by atoms with van der Waals surface area (Å²) in [5.74, 6) is 0.687. The molecule has 2 nitrogen and oxygen atoms in total. The molecule has 1 heterocycles. The Kier molecular flexibility index (Phi) is 7.78. The number of benzene rings is 1. The van der Waals surface area contributed by atoms with E-state index in [-0.39, 0.29) is 17.4 Å². The average Bonchev–Trinajstić information content (AvgIpc) is 2.64. The van der Waals surface area contributed by atoms with Crippen LogP contribution in [0.5, 0.6) is 0 Å². The van der Waals surface area contributed by atoms with Crippen LogP contribution in [0.1, 0.15) is 52.7 Å². The minimum Gasteiger partial charge on any atom is -0.397 e. The third-order valence-electron chi connectivity index (χ3n) is 4.26. The first-order valence-corrected chi connectivity index (χ1v) is 9.78. The molecule has 1 unspecified atom stereocenters. The molecule has 0 bridgehead atoms. The van der Waals surface area contributed by atoms with E-state index in [1.807, 2.05) is 24.4 Å². The molecular formula is C24H31FN2. The number of fused-ring (bicyclic) bond motifs is 1. The van der Waals surface area contributed by atoms with Crippen LogP contribution in [0.3, 0.4) is 0 Å². The summed E-state index contributed by atoms with van der Waals surface area (Å²) in [6, 6.07) is 10.1. The Bertz CT molecular complexity index is 838. The molecule has 2 aromatic rings. The highest BCUT2D eigenvalue weighted by Gasteiger charge is 2.24. The van der Waals surface area contributed by atoms with Crippen molar-refractivity contribution < 1.29 is 4.39 Å². The number of aromatic nitrogens is 1. The lowest BCUT2D eigenvalue weighted by atomic mass is 9.83. The monoisotopic (exact) mass is 366 g/mol. The van der Waals surface area contributed by atoms with Gasteiger partial charge in [-0.1, -0.05) is 64.1 Å². The first-order valence-electron chi connectivity index (χ1n) is 9.78. The zero-order chi connectivity index (χ0) is 19.8. The second-order valence-corrected chi connectivity index (χ2v) is 7.59. The lowest BCUT2D eigenvalue weighted by molar-refractivity contribution is 0.515. The smallest absolute Gasteiger partial charge is 0.123 e. The Balaban J connectivity index is 0.000000596. The second kappa shape index (κ2) is 10.1. The molecule has 144 valence electrons. The molecule has 1 aromatic heterocycles. The van der Waals surface area contributed by atoms with Crippen LogP contribution in [0.15, 0.2) is 66.3 Å². The predicted octanol–water partition coefficient (Wildman–Crippen LogP) is 6.80. The second-order valence-electron chi connectivity index (χ2n) is 7.59. The molecule has 0 spiro atoms. The number of hydrogen-bond acceptors (Lipinski definition) is 2. The maximum Gasteiger partial charge on any atom is 0.123 e. The Morgan fingerprint density at radius 2 is 1.89 bits per heavy atom. The fourth-order valence-corrected chi connectivity index (χ4v) is 3.06. The molecule has 1 aliphatic carbocycles. The summed E-state index contributed by atoms with van der Waals surface area (Å²) in [5, 5.41) is 2.22. The van der Waals surface area contributed by atoms with Crippen molar-refractivity contribution in [3.05, 3.63) is 72.0 Å². The van der Waals surface area contributed by atoms with Crippen LogP contribution in [0, 0.1) is 11.8 Å². The third-order valence-corrected chi connectivity index (χ3v) is 4.26. The highest BCUT2D eigenvalue weighted by molar-refractivity contribution is 5.93. The lowest BCUT2D eigenvalue weighted by Crippen LogP contribution is -2.14. The molecule has 1 aromatic carbocycles. The fourth-order valence-electron chi connectivity index (χ4n) is 3.06. The predicted molar refractivity (Wildman–Crippen MR) is 115 cm³/mol. The lowest BCUT2D eigenvalue weighted by Gasteiger charge is -2.23. The number of allylic oxidation sites excluding steroid dienone is 5. The van der Waals surface area contributed by atoms with Crippen LogP contribution < -0.4 is 5.73 Å². The van der Waals surface area contributed by atoms with E-state index in [9.17, 15) is 4.39 Å². The summed E-state index contributed by atoms with van der Waals surface area (Å²) in [6.45, 7) is 8.60. The van der Waals surface area contributed by atoms with Crippen LogP contribution in [-0.2, 0) is 0 Å². The number of rotatable bonds is 4. The van der Waals surface area contributed by atoms with E-state index < -0.39 is 0 Å². The Morgan fingerprint density at radius 1 is 1.19 bits per heavy atom. The molecular weight excluding hydrogens is 335 g/mol. The number of hydrogen-bond donors (Lipinski definition) is 1. The molecule has 3 rings (SSSR count). The quantitative estimate of drug-likeness (QED) is 0.605. The maximum atomic E-state index is 14.0. The maximum absolute atomic E-state index is 14.0. The van der Waals surface area contributed by atoms with E-state index in [1.165, 1.54) is 0 Å². The van der Waals surface area contributed by atoms with Crippen LogP contribution in [-0.4, -0.2) is 4.98 Å². The van der Waals surface area contributed by atoms with Crippen LogP contribution in [0.4, 0.5) is 4.39 Å². The highest BCUT2D eigenvalue weighted by atomic mass is 19.1. The Hall–Kier alpha value is -2.42. The van der Waals surface area contributed by atoms with Gasteiger partial charge in [0.2, 0.25) is 0 Å². The first kappa shape index (κ1) is 20.9. The first-order chi connectivity index (χ1) is 12.9. The van der Waals surface area contributed by atoms with Gasteiger partial charge in [0, 0.05) is 18.0 Å². The minimum atomic E-state index is -0.219. The third kappa shape index (κ3) is 5.78. The zero-order valence-electron chi connectivity index (χ0n) is 16.9. The van der Waals surface area contributed by atoms with Gasteiger partial charge in [-0.15, -0.1) is 0 Å². The van der Waals surface area contributed by atoms with Gasteiger partial charge in [0.25, 0.3) is 0 Å².